The third kappa shape index (κ3) is 3.11. The number of nitrogens with zero attached hydrogens (tertiary/aromatic N) is 1. The van der Waals surface area contributed by atoms with Crippen LogP contribution in [0.25, 0.3) is 0 Å². The van der Waals surface area contributed by atoms with Gasteiger partial charge in [-0.3, -0.25) is 0 Å². The van der Waals surface area contributed by atoms with E-state index in [-0.39, 0.29) is 0 Å². The van der Waals surface area contributed by atoms with Gasteiger partial charge in [-0.25, -0.2) is 13.8 Å². The summed E-state index contributed by atoms with van der Waals surface area (Å²) in [4.78, 5) is 5.47. The fraction of sp³-hybridized carbons (Fsp3) is 0.308. The molecule has 0 bridgehead atoms. The maximum Gasteiger partial charge on any atom is 0.130 e. The van der Waals surface area contributed by atoms with E-state index in [1.807, 2.05) is 13.8 Å². The highest BCUT2D eigenvalue weighted by molar-refractivity contribution is 7.11. The fourth-order valence-corrected chi connectivity index (χ4v) is 2.62. The van der Waals surface area contributed by atoms with Crippen LogP contribution in [0.1, 0.15) is 21.1 Å². The molecule has 5 heteroatoms. The van der Waals surface area contributed by atoms with Crippen LogP contribution in [-0.4, -0.2) is 4.98 Å². The third-order valence-electron chi connectivity index (χ3n) is 2.62. The van der Waals surface area contributed by atoms with Crippen LogP contribution in [0.4, 0.5) is 8.78 Å². The van der Waals surface area contributed by atoms with Crippen molar-refractivity contribution >= 4 is 11.3 Å². The van der Waals surface area contributed by atoms with E-state index in [9.17, 15) is 8.78 Å². The maximum absolute atomic E-state index is 13.4. The number of nitrogens with one attached hydrogen (secondary N) is 1. The van der Waals surface area contributed by atoms with E-state index >= 15 is 0 Å². The number of hydrogen-bond donors (Lipinski definition) is 1. The van der Waals surface area contributed by atoms with Crippen LogP contribution in [0, 0.1) is 25.5 Å². The summed E-state index contributed by atoms with van der Waals surface area (Å²) in [5.74, 6) is -1.06. The van der Waals surface area contributed by atoms with Crippen LogP contribution in [0.15, 0.2) is 18.2 Å². The SMILES string of the molecule is Cc1nc(C)c(CNCc2ccc(F)cc2F)s1. The van der Waals surface area contributed by atoms with E-state index in [0.717, 1.165) is 21.6 Å². The van der Waals surface area contributed by atoms with Crippen molar-refractivity contribution in [3.8, 4) is 0 Å². The van der Waals surface area contributed by atoms with Crippen molar-refractivity contribution in [2.24, 2.45) is 0 Å². The van der Waals surface area contributed by atoms with Gasteiger partial charge in [0.25, 0.3) is 0 Å². The lowest BCUT2D eigenvalue weighted by Gasteiger charge is -2.05. The number of benzene rings is 1. The summed E-state index contributed by atoms with van der Waals surface area (Å²) < 4.78 is 26.1. The smallest absolute Gasteiger partial charge is 0.130 e. The first kappa shape index (κ1) is 13.1. The molecule has 0 atom stereocenters. The quantitative estimate of drug-likeness (QED) is 0.920. The fourth-order valence-electron chi connectivity index (χ4n) is 1.71. The minimum Gasteiger partial charge on any atom is -0.308 e. The maximum atomic E-state index is 13.4. The van der Waals surface area contributed by atoms with Gasteiger partial charge in [0.05, 0.1) is 10.7 Å². The molecule has 0 radical (unpaired) electrons. The molecule has 0 unspecified atom stereocenters. The molecule has 0 aliphatic heterocycles. The summed E-state index contributed by atoms with van der Waals surface area (Å²) in [6.07, 6.45) is 0. The van der Waals surface area contributed by atoms with Crippen LogP contribution in [0.2, 0.25) is 0 Å². The Hall–Kier alpha value is -1.33. The van der Waals surface area contributed by atoms with E-state index in [0.29, 0.717) is 18.7 Å². The Morgan fingerprint density at radius 1 is 1.22 bits per heavy atom. The van der Waals surface area contributed by atoms with Crippen molar-refractivity contribution in [1.82, 2.24) is 10.3 Å². The monoisotopic (exact) mass is 268 g/mol. The Bertz CT molecular complexity index is 552. The van der Waals surface area contributed by atoms with Crippen molar-refractivity contribution in [1.29, 1.82) is 0 Å². The van der Waals surface area contributed by atoms with Crippen molar-refractivity contribution in [2.45, 2.75) is 26.9 Å². The second-order valence-corrected chi connectivity index (χ2v) is 5.37. The Kier molecular flexibility index (Phi) is 4.04. The highest BCUT2D eigenvalue weighted by Gasteiger charge is 2.06. The standard InChI is InChI=1S/C13H14F2N2S/c1-8-13(18-9(2)17-8)7-16-6-10-3-4-11(14)5-12(10)15/h3-5,16H,6-7H2,1-2H3. The summed E-state index contributed by atoms with van der Waals surface area (Å²) in [7, 11) is 0. The zero-order valence-electron chi connectivity index (χ0n) is 10.3. The van der Waals surface area contributed by atoms with E-state index in [1.54, 1.807) is 11.3 Å². The first-order chi connectivity index (χ1) is 8.56. The van der Waals surface area contributed by atoms with E-state index in [1.165, 1.54) is 12.1 Å². The van der Waals surface area contributed by atoms with Gasteiger partial charge in [-0.15, -0.1) is 11.3 Å². The average Bonchev–Trinajstić information content (AvgIpc) is 2.61. The summed E-state index contributed by atoms with van der Waals surface area (Å²) in [5.41, 5.74) is 1.47. The lowest BCUT2D eigenvalue weighted by atomic mass is 10.2. The molecule has 0 saturated carbocycles. The third-order valence-corrected chi connectivity index (χ3v) is 3.69. The molecule has 2 rings (SSSR count). The van der Waals surface area contributed by atoms with Crippen molar-refractivity contribution in [3.63, 3.8) is 0 Å². The molecule has 0 aliphatic rings. The van der Waals surface area contributed by atoms with Gasteiger partial charge in [0, 0.05) is 29.6 Å². The number of halogens is 2. The van der Waals surface area contributed by atoms with Gasteiger partial charge in [-0.2, -0.15) is 0 Å². The molecule has 0 saturated heterocycles. The first-order valence-corrected chi connectivity index (χ1v) is 6.45. The molecule has 0 fully saturated rings. The van der Waals surface area contributed by atoms with E-state index < -0.39 is 11.6 Å². The van der Waals surface area contributed by atoms with Gasteiger partial charge in [-0.1, -0.05) is 6.07 Å². The van der Waals surface area contributed by atoms with E-state index in [2.05, 4.69) is 10.3 Å². The Labute approximate surface area is 109 Å². The van der Waals surface area contributed by atoms with Crippen LogP contribution < -0.4 is 5.32 Å². The molecule has 0 amide bonds. The van der Waals surface area contributed by atoms with Crippen molar-refractivity contribution < 1.29 is 8.78 Å². The number of rotatable bonds is 4. The summed E-state index contributed by atoms with van der Waals surface area (Å²) >= 11 is 1.63. The molecule has 2 aromatic rings. The molecule has 1 aromatic carbocycles. The first-order valence-electron chi connectivity index (χ1n) is 5.64. The molecule has 1 aromatic heterocycles. The highest BCUT2D eigenvalue weighted by atomic mass is 32.1. The highest BCUT2D eigenvalue weighted by Crippen LogP contribution is 2.17. The molecule has 1 heterocycles. The largest absolute Gasteiger partial charge is 0.308 e. The lowest BCUT2D eigenvalue weighted by Crippen LogP contribution is -2.13. The second kappa shape index (κ2) is 5.54. The Morgan fingerprint density at radius 3 is 2.61 bits per heavy atom. The number of aryl methyl sites for hydroxylation is 2. The van der Waals surface area contributed by atoms with Gasteiger partial charge < -0.3 is 5.32 Å². The number of thiazole rings is 1. The van der Waals surface area contributed by atoms with Crippen LogP contribution in [0.5, 0.6) is 0 Å². The molecule has 0 spiro atoms. The van der Waals surface area contributed by atoms with Gasteiger partial charge in [-0.05, 0) is 19.9 Å². The number of hydrogen-bond acceptors (Lipinski definition) is 3. The average molecular weight is 268 g/mol. The molecular weight excluding hydrogens is 254 g/mol. The second-order valence-electron chi connectivity index (χ2n) is 4.08. The van der Waals surface area contributed by atoms with Gasteiger partial charge in [0.2, 0.25) is 0 Å². The minimum absolute atomic E-state index is 0.377. The Balaban J connectivity index is 1.94. The molecular formula is C13H14F2N2S. The minimum atomic E-state index is -0.551. The van der Waals surface area contributed by atoms with Gasteiger partial charge in [0.1, 0.15) is 11.6 Å². The summed E-state index contributed by atoms with van der Waals surface area (Å²) in [5, 5.41) is 4.17. The van der Waals surface area contributed by atoms with Crippen LogP contribution in [0.3, 0.4) is 0 Å². The Morgan fingerprint density at radius 2 is 2.00 bits per heavy atom. The normalized spacial score (nSPS) is 10.9. The predicted octanol–water partition coefficient (Wildman–Crippen LogP) is 3.33. The van der Waals surface area contributed by atoms with E-state index in [4.69, 9.17) is 0 Å². The van der Waals surface area contributed by atoms with Gasteiger partial charge >= 0.3 is 0 Å². The zero-order chi connectivity index (χ0) is 13.1. The van der Waals surface area contributed by atoms with Crippen molar-refractivity contribution in [3.05, 3.63) is 51.0 Å². The molecule has 18 heavy (non-hydrogen) atoms. The van der Waals surface area contributed by atoms with Crippen LogP contribution >= 0.6 is 11.3 Å². The van der Waals surface area contributed by atoms with Crippen molar-refractivity contribution in [2.75, 3.05) is 0 Å². The lowest BCUT2D eigenvalue weighted by molar-refractivity contribution is 0.560. The zero-order valence-corrected chi connectivity index (χ0v) is 11.1. The molecule has 2 nitrogen and oxygen atoms in total. The predicted molar refractivity (Wildman–Crippen MR) is 68.5 cm³/mol. The topological polar surface area (TPSA) is 24.9 Å². The van der Waals surface area contributed by atoms with Gasteiger partial charge in [0.15, 0.2) is 0 Å². The summed E-state index contributed by atoms with van der Waals surface area (Å²) in [6.45, 7) is 4.94. The molecule has 1 N–H and O–H groups in total. The van der Waals surface area contributed by atoms with Crippen LogP contribution in [-0.2, 0) is 13.1 Å². The molecule has 96 valence electrons. The summed E-state index contributed by atoms with van der Waals surface area (Å²) in [6, 6.07) is 3.63. The number of aromatic nitrogens is 1. The molecule has 0 aliphatic carbocycles.